The Kier molecular flexibility index (Phi) is 7.09. The highest BCUT2D eigenvalue weighted by Gasteiger charge is 2.20. The summed E-state index contributed by atoms with van der Waals surface area (Å²) in [4.78, 5) is 7.13. The van der Waals surface area contributed by atoms with E-state index in [4.69, 9.17) is 19.2 Å². The number of fused-ring (bicyclic) bond motifs is 1. The normalized spacial score (nSPS) is 15.2. The molecule has 0 atom stereocenters. The first-order chi connectivity index (χ1) is 15.1. The van der Waals surface area contributed by atoms with Crippen molar-refractivity contribution < 1.29 is 18.6 Å². The van der Waals surface area contributed by atoms with Crippen molar-refractivity contribution in [2.24, 2.45) is 5.92 Å². The molecule has 0 radical (unpaired) electrons. The Morgan fingerprint density at radius 1 is 1.10 bits per heavy atom. The molecule has 0 aliphatic carbocycles. The summed E-state index contributed by atoms with van der Waals surface area (Å²) in [5, 5.41) is 4.43. The molecule has 8 heteroatoms. The van der Waals surface area contributed by atoms with Crippen LogP contribution in [0.2, 0.25) is 0 Å². The largest absolute Gasteiger partial charge is 0.497 e. The maximum absolute atomic E-state index is 12.9. The van der Waals surface area contributed by atoms with Crippen LogP contribution in [0.3, 0.4) is 0 Å². The minimum Gasteiger partial charge on any atom is -0.497 e. The van der Waals surface area contributed by atoms with Gasteiger partial charge in [-0.05, 0) is 56.1 Å². The van der Waals surface area contributed by atoms with Gasteiger partial charge in [-0.15, -0.1) is 0 Å². The monoisotopic (exact) mass is 445 g/mol. The van der Waals surface area contributed by atoms with Crippen molar-refractivity contribution in [1.29, 1.82) is 0 Å². The number of likely N-dealkylation sites (tertiary alicyclic amines) is 1. The van der Waals surface area contributed by atoms with Gasteiger partial charge in [0.1, 0.15) is 29.7 Å². The van der Waals surface area contributed by atoms with E-state index in [0.717, 1.165) is 65.9 Å². The summed E-state index contributed by atoms with van der Waals surface area (Å²) in [6.45, 7) is 4.54. The highest BCUT2D eigenvalue weighted by atomic mass is 32.1. The molecule has 1 fully saturated rings. The van der Waals surface area contributed by atoms with Gasteiger partial charge in [0.2, 0.25) is 0 Å². The quantitative estimate of drug-likeness (QED) is 0.517. The third-order valence-electron chi connectivity index (χ3n) is 5.62. The van der Waals surface area contributed by atoms with Crippen molar-refractivity contribution in [3.63, 3.8) is 0 Å². The van der Waals surface area contributed by atoms with E-state index in [1.807, 2.05) is 12.1 Å². The van der Waals surface area contributed by atoms with Gasteiger partial charge in [-0.25, -0.2) is 9.37 Å². The third kappa shape index (κ3) is 5.57. The molecular formula is C23H28FN3O3S. The summed E-state index contributed by atoms with van der Waals surface area (Å²) in [5.41, 5.74) is 0.889. The number of piperidine rings is 1. The summed E-state index contributed by atoms with van der Waals surface area (Å²) in [6.07, 6.45) is 2.29. The molecule has 166 valence electrons. The Bertz CT molecular complexity index is 988. The number of thiazole rings is 1. The number of hydrogen-bond acceptors (Lipinski definition) is 7. The van der Waals surface area contributed by atoms with Gasteiger partial charge in [0, 0.05) is 25.2 Å². The van der Waals surface area contributed by atoms with E-state index >= 15 is 0 Å². The SMILES string of the molecule is COc1cc(OC)c2sc(NCC3CCN(CCOc4ccc(F)cc4)CC3)nc2c1. The minimum absolute atomic E-state index is 0.243. The van der Waals surface area contributed by atoms with E-state index < -0.39 is 0 Å². The number of ether oxygens (including phenoxy) is 3. The van der Waals surface area contributed by atoms with Gasteiger partial charge in [0.05, 0.1) is 24.4 Å². The number of halogens is 1. The number of aromatic nitrogens is 1. The van der Waals surface area contributed by atoms with Gasteiger partial charge in [-0.1, -0.05) is 11.3 Å². The summed E-state index contributed by atoms with van der Waals surface area (Å²) in [5.74, 6) is 2.63. The number of methoxy groups -OCH3 is 2. The molecule has 1 aromatic heterocycles. The van der Waals surface area contributed by atoms with Gasteiger partial charge in [0.15, 0.2) is 5.13 Å². The lowest BCUT2D eigenvalue weighted by molar-refractivity contribution is 0.158. The van der Waals surface area contributed by atoms with Crippen molar-refractivity contribution in [3.05, 3.63) is 42.2 Å². The molecule has 1 N–H and O–H groups in total. The fourth-order valence-electron chi connectivity index (χ4n) is 3.79. The molecule has 0 saturated carbocycles. The van der Waals surface area contributed by atoms with E-state index in [-0.39, 0.29) is 5.82 Å². The topological polar surface area (TPSA) is 55.9 Å². The third-order valence-corrected chi connectivity index (χ3v) is 6.67. The molecule has 31 heavy (non-hydrogen) atoms. The Labute approximate surface area is 185 Å². The van der Waals surface area contributed by atoms with Crippen molar-refractivity contribution in [2.45, 2.75) is 12.8 Å². The van der Waals surface area contributed by atoms with Crippen LogP contribution < -0.4 is 19.5 Å². The maximum atomic E-state index is 12.9. The molecule has 0 amide bonds. The van der Waals surface area contributed by atoms with Crippen LogP contribution in [0.1, 0.15) is 12.8 Å². The predicted octanol–water partition coefficient (Wildman–Crippen LogP) is 4.66. The molecule has 1 aliphatic heterocycles. The maximum Gasteiger partial charge on any atom is 0.183 e. The van der Waals surface area contributed by atoms with Crippen LogP contribution >= 0.6 is 11.3 Å². The highest BCUT2D eigenvalue weighted by molar-refractivity contribution is 7.22. The van der Waals surface area contributed by atoms with E-state index in [1.165, 1.54) is 12.1 Å². The van der Waals surface area contributed by atoms with Crippen LogP contribution in [0.15, 0.2) is 36.4 Å². The van der Waals surface area contributed by atoms with Crippen LogP contribution in [0.4, 0.5) is 9.52 Å². The molecule has 1 saturated heterocycles. The van der Waals surface area contributed by atoms with E-state index in [1.54, 1.807) is 37.7 Å². The second kappa shape index (κ2) is 10.2. The first kappa shape index (κ1) is 21.6. The average Bonchev–Trinajstić information content (AvgIpc) is 3.22. The van der Waals surface area contributed by atoms with Crippen LogP contribution in [0, 0.1) is 11.7 Å². The summed E-state index contributed by atoms with van der Waals surface area (Å²) in [6, 6.07) is 10.0. The van der Waals surface area contributed by atoms with Gasteiger partial charge < -0.3 is 19.5 Å². The zero-order valence-electron chi connectivity index (χ0n) is 17.9. The lowest BCUT2D eigenvalue weighted by Gasteiger charge is -2.31. The zero-order chi connectivity index (χ0) is 21.6. The molecule has 0 spiro atoms. The number of hydrogen-bond donors (Lipinski definition) is 1. The lowest BCUT2D eigenvalue weighted by Crippen LogP contribution is -2.38. The average molecular weight is 446 g/mol. The number of nitrogens with zero attached hydrogens (tertiary/aromatic N) is 2. The Morgan fingerprint density at radius 3 is 2.58 bits per heavy atom. The number of anilines is 1. The van der Waals surface area contributed by atoms with Crippen LogP contribution in [0.25, 0.3) is 10.2 Å². The number of benzene rings is 2. The Hall–Kier alpha value is -2.58. The smallest absolute Gasteiger partial charge is 0.183 e. The minimum atomic E-state index is -0.243. The zero-order valence-corrected chi connectivity index (χ0v) is 18.7. The molecule has 6 nitrogen and oxygen atoms in total. The molecule has 4 rings (SSSR count). The van der Waals surface area contributed by atoms with E-state index in [0.29, 0.717) is 18.3 Å². The van der Waals surface area contributed by atoms with Crippen LogP contribution in [-0.2, 0) is 0 Å². The standard InChI is InChI=1S/C23H28FN3O3S/c1-28-19-13-20-22(21(14-19)29-2)31-23(26-20)25-15-16-7-9-27(10-8-16)11-12-30-18-5-3-17(24)4-6-18/h3-6,13-14,16H,7-12,15H2,1-2H3,(H,25,26). The van der Waals surface area contributed by atoms with Crippen molar-refractivity contribution in [3.8, 4) is 17.2 Å². The number of nitrogens with one attached hydrogen (secondary N) is 1. The summed E-state index contributed by atoms with van der Waals surface area (Å²) < 4.78 is 30.5. The van der Waals surface area contributed by atoms with Gasteiger partial charge in [-0.3, -0.25) is 4.90 Å². The highest BCUT2D eigenvalue weighted by Crippen LogP contribution is 2.37. The predicted molar refractivity (Wildman–Crippen MR) is 122 cm³/mol. The fraction of sp³-hybridized carbons (Fsp3) is 0.435. The van der Waals surface area contributed by atoms with Crippen LogP contribution in [-0.4, -0.2) is 56.9 Å². The number of rotatable bonds is 9. The summed E-state index contributed by atoms with van der Waals surface area (Å²) >= 11 is 1.61. The fourth-order valence-corrected chi connectivity index (χ4v) is 4.74. The second-order valence-corrected chi connectivity index (χ2v) is 8.66. The van der Waals surface area contributed by atoms with E-state index in [2.05, 4.69) is 10.2 Å². The molecule has 1 aliphatic rings. The Morgan fingerprint density at radius 2 is 1.87 bits per heavy atom. The molecule has 3 aromatic rings. The molecular weight excluding hydrogens is 417 g/mol. The van der Waals surface area contributed by atoms with E-state index in [9.17, 15) is 4.39 Å². The van der Waals surface area contributed by atoms with Gasteiger partial charge >= 0.3 is 0 Å². The first-order valence-corrected chi connectivity index (χ1v) is 11.3. The van der Waals surface area contributed by atoms with Crippen molar-refractivity contribution in [2.75, 3.05) is 52.3 Å². The lowest BCUT2D eigenvalue weighted by atomic mass is 9.97. The van der Waals surface area contributed by atoms with Crippen molar-refractivity contribution >= 4 is 26.7 Å². The molecule has 2 heterocycles. The molecule has 0 bridgehead atoms. The Balaban J connectivity index is 1.21. The molecule has 0 unspecified atom stereocenters. The first-order valence-electron chi connectivity index (χ1n) is 10.5. The van der Waals surface area contributed by atoms with Crippen molar-refractivity contribution in [1.82, 2.24) is 9.88 Å². The molecule has 2 aromatic carbocycles. The van der Waals surface area contributed by atoms with Gasteiger partial charge in [0.25, 0.3) is 0 Å². The summed E-state index contributed by atoms with van der Waals surface area (Å²) in [7, 11) is 3.31. The second-order valence-electron chi connectivity index (χ2n) is 7.67. The van der Waals surface area contributed by atoms with Gasteiger partial charge in [-0.2, -0.15) is 0 Å². The van der Waals surface area contributed by atoms with Crippen LogP contribution in [0.5, 0.6) is 17.2 Å².